The number of hydrogen-bond acceptors (Lipinski definition) is 2. The quantitative estimate of drug-likeness (QED) is 0.714. The molecule has 2 aromatic carbocycles. The molecule has 3 rings (SSSR count). The summed E-state index contributed by atoms with van der Waals surface area (Å²) in [5, 5.41) is 15.1. The maximum Gasteiger partial charge on any atom is 0.328 e. The first-order valence-corrected chi connectivity index (χ1v) is 7.95. The van der Waals surface area contributed by atoms with Crippen LogP contribution in [-0.2, 0) is 11.3 Å². The van der Waals surface area contributed by atoms with Crippen LogP contribution in [0.25, 0.3) is 17.0 Å². The Labute approximate surface area is 145 Å². The van der Waals surface area contributed by atoms with Crippen LogP contribution < -0.4 is 0 Å². The van der Waals surface area contributed by atoms with Crippen molar-refractivity contribution in [2.75, 3.05) is 0 Å². The van der Waals surface area contributed by atoms with E-state index in [9.17, 15) is 4.79 Å². The topological polar surface area (TPSA) is 55.1 Å². The highest BCUT2D eigenvalue weighted by atomic mass is 35.5. The fourth-order valence-electron chi connectivity index (χ4n) is 2.70. The highest BCUT2D eigenvalue weighted by Gasteiger charge is 2.11. The molecule has 0 aliphatic carbocycles. The van der Waals surface area contributed by atoms with Crippen molar-refractivity contribution in [3.05, 3.63) is 69.9 Å². The van der Waals surface area contributed by atoms with Crippen LogP contribution in [0.4, 0.5) is 0 Å². The fourth-order valence-corrected chi connectivity index (χ4v) is 2.93. The number of aromatic nitrogens is 2. The van der Waals surface area contributed by atoms with Gasteiger partial charge in [-0.3, -0.25) is 4.68 Å². The van der Waals surface area contributed by atoms with E-state index in [0.717, 1.165) is 33.7 Å². The third-order valence-corrected chi connectivity index (χ3v) is 4.18. The monoisotopic (exact) mass is 340 g/mol. The van der Waals surface area contributed by atoms with Crippen LogP contribution in [-0.4, -0.2) is 20.9 Å². The fraction of sp³-hybridized carbons (Fsp3) is 0.158. The molecule has 0 atom stereocenters. The van der Waals surface area contributed by atoms with Gasteiger partial charge in [-0.15, -0.1) is 0 Å². The number of carbonyl (C=O) groups is 1. The van der Waals surface area contributed by atoms with Crippen LogP contribution in [0.15, 0.2) is 42.5 Å². The van der Waals surface area contributed by atoms with E-state index in [2.05, 4.69) is 11.2 Å². The minimum atomic E-state index is -0.988. The van der Waals surface area contributed by atoms with Crippen molar-refractivity contribution in [3.63, 3.8) is 0 Å². The predicted octanol–water partition coefficient (Wildman–Crippen LogP) is 4.45. The smallest absolute Gasteiger partial charge is 0.328 e. The number of nitrogens with zero attached hydrogens (tertiary/aromatic N) is 2. The molecule has 122 valence electrons. The van der Waals surface area contributed by atoms with Crippen molar-refractivity contribution in [3.8, 4) is 0 Å². The summed E-state index contributed by atoms with van der Waals surface area (Å²) in [7, 11) is 0. The summed E-state index contributed by atoms with van der Waals surface area (Å²) in [6.45, 7) is 4.64. The standard InChI is InChI=1S/C19H17ClN2O2/c1-12-3-6-16-17(7-8-19(23)24)21-22(18(16)9-12)11-14-4-5-15(20)10-13(14)2/h3-10H,11H2,1-2H3,(H,23,24)/b8-7+. The Morgan fingerprint density at radius 2 is 2.04 bits per heavy atom. The molecule has 1 heterocycles. The van der Waals surface area contributed by atoms with Gasteiger partial charge in [0.2, 0.25) is 0 Å². The maximum atomic E-state index is 10.8. The summed E-state index contributed by atoms with van der Waals surface area (Å²) >= 11 is 6.02. The average molecular weight is 341 g/mol. The van der Waals surface area contributed by atoms with Gasteiger partial charge in [-0.25, -0.2) is 4.79 Å². The average Bonchev–Trinajstić information content (AvgIpc) is 2.85. The Bertz CT molecular complexity index is 957. The van der Waals surface area contributed by atoms with Gasteiger partial charge in [0.05, 0.1) is 17.8 Å². The zero-order chi connectivity index (χ0) is 17.3. The van der Waals surface area contributed by atoms with Gasteiger partial charge in [0.15, 0.2) is 0 Å². The SMILES string of the molecule is Cc1ccc2c(/C=C/C(=O)O)nn(Cc3ccc(Cl)cc3C)c2c1. The molecule has 3 aromatic rings. The molecule has 1 aromatic heterocycles. The summed E-state index contributed by atoms with van der Waals surface area (Å²) < 4.78 is 1.90. The van der Waals surface area contributed by atoms with Crippen molar-refractivity contribution in [1.29, 1.82) is 0 Å². The van der Waals surface area contributed by atoms with E-state index in [-0.39, 0.29) is 0 Å². The summed E-state index contributed by atoms with van der Waals surface area (Å²) in [6, 6.07) is 11.8. The molecule has 5 heteroatoms. The van der Waals surface area contributed by atoms with Gasteiger partial charge in [-0.1, -0.05) is 29.8 Å². The minimum absolute atomic E-state index is 0.601. The number of aliphatic carboxylic acids is 1. The molecule has 1 N–H and O–H groups in total. The molecule has 0 bridgehead atoms. The third kappa shape index (κ3) is 3.34. The second-order valence-corrected chi connectivity index (χ2v) is 6.24. The van der Waals surface area contributed by atoms with Gasteiger partial charge in [0.1, 0.15) is 0 Å². The highest BCUT2D eigenvalue weighted by Crippen LogP contribution is 2.23. The van der Waals surface area contributed by atoms with Gasteiger partial charge < -0.3 is 5.11 Å². The highest BCUT2D eigenvalue weighted by molar-refractivity contribution is 6.30. The predicted molar refractivity (Wildman–Crippen MR) is 96.4 cm³/mol. The number of aryl methyl sites for hydroxylation is 2. The summed E-state index contributed by atoms with van der Waals surface area (Å²) in [6.07, 6.45) is 2.64. The Morgan fingerprint density at radius 1 is 1.25 bits per heavy atom. The number of benzene rings is 2. The van der Waals surface area contributed by atoms with Gasteiger partial charge in [0, 0.05) is 16.5 Å². The molecule has 0 spiro atoms. The molecular formula is C19H17ClN2O2. The van der Waals surface area contributed by atoms with E-state index < -0.39 is 5.97 Å². The molecule has 0 radical (unpaired) electrons. The molecule has 4 nitrogen and oxygen atoms in total. The number of hydrogen-bond donors (Lipinski definition) is 1. The zero-order valence-electron chi connectivity index (χ0n) is 13.5. The molecular weight excluding hydrogens is 324 g/mol. The minimum Gasteiger partial charge on any atom is -0.478 e. The number of carboxylic acid groups (broad SMARTS) is 1. The Morgan fingerprint density at radius 3 is 2.75 bits per heavy atom. The van der Waals surface area contributed by atoms with E-state index in [1.807, 2.05) is 48.9 Å². The van der Waals surface area contributed by atoms with Crippen molar-refractivity contribution < 1.29 is 9.90 Å². The summed E-state index contributed by atoms with van der Waals surface area (Å²) in [4.78, 5) is 10.8. The molecule has 0 fully saturated rings. The second kappa shape index (κ2) is 6.49. The van der Waals surface area contributed by atoms with Gasteiger partial charge in [0.25, 0.3) is 0 Å². The largest absolute Gasteiger partial charge is 0.478 e. The number of halogens is 1. The zero-order valence-corrected chi connectivity index (χ0v) is 14.2. The Hall–Kier alpha value is -2.59. The van der Waals surface area contributed by atoms with Crippen molar-refractivity contribution in [2.24, 2.45) is 0 Å². The second-order valence-electron chi connectivity index (χ2n) is 5.81. The molecule has 0 unspecified atom stereocenters. The Kier molecular flexibility index (Phi) is 4.40. The lowest BCUT2D eigenvalue weighted by molar-refractivity contribution is -0.131. The lowest BCUT2D eigenvalue weighted by Gasteiger charge is -2.08. The van der Waals surface area contributed by atoms with E-state index in [1.54, 1.807) is 0 Å². The third-order valence-electron chi connectivity index (χ3n) is 3.94. The molecule has 0 amide bonds. The normalized spacial score (nSPS) is 11.5. The van der Waals surface area contributed by atoms with E-state index in [4.69, 9.17) is 16.7 Å². The van der Waals surface area contributed by atoms with Crippen molar-refractivity contribution in [2.45, 2.75) is 20.4 Å². The number of carboxylic acids is 1. The lowest BCUT2D eigenvalue weighted by atomic mass is 10.1. The molecule has 0 aliphatic rings. The Balaban J connectivity index is 2.09. The molecule has 0 saturated heterocycles. The lowest BCUT2D eigenvalue weighted by Crippen LogP contribution is -2.03. The van der Waals surface area contributed by atoms with Crippen LogP contribution in [0, 0.1) is 13.8 Å². The van der Waals surface area contributed by atoms with E-state index in [0.29, 0.717) is 17.3 Å². The summed E-state index contributed by atoms with van der Waals surface area (Å²) in [5.74, 6) is -0.988. The summed E-state index contributed by atoms with van der Waals surface area (Å²) in [5.41, 5.74) is 4.99. The van der Waals surface area contributed by atoms with Crippen LogP contribution in [0.1, 0.15) is 22.4 Å². The van der Waals surface area contributed by atoms with Crippen molar-refractivity contribution in [1.82, 2.24) is 9.78 Å². The number of rotatable bonds is 4. The van der Waals surface area contributed by atoms with Gasteiger partial charge in [-0.2, -0.15) is 5.10 Å². The molecule has 0 aliphatic heterocycles. The first-order chi connectivity index (χ1) is 11.4. The van der Waals surface area contributed by atoms with Crippen molar-refractivity contribution >= 4 is 34.5 Å². The first kappa shape index (κ1) is 16.3. The van der Waals surface area contributed by atoms with Gasteiger partial charge >= 0.3 is 5.97 Å². The number of fused-ring (bicyclic) bond motifs is 1. The van der Waals surface area contributed by atoms with E-state index >= 15 is 0 Å². The van der Waals surface area contributed by atoms with Crippen LogP contribution in [0.3, 0.4) is 0 Å². The van der Waals surface area contributed by atoms with Gasteiger partial charge in [-0.05, 0) is 54.8 Å². The molecule has 24 heavy (non-hydrogen) atoms. The maximum absolute atomic E-state index is 10.8. The van der Waals surface area contributed by atoms with Crippen LogP contribution >= 0.6 is 11.6 Å². The molecule has 0 saturated carbocycles. The van der Waals surface area contributed by atoms with Crippen LogP contribution in [0.2, 0.25) is 5.02 Å². The first-order valence-electron chi connectivity index (χ1n) is 7.57. The van der Waals surface area contributed by atoms with Crippen LogP contribution in [0.5, 0.6) is 0 Å². The van der Waals surface area contributed by atoms with E-state index in [1.165, 1.54) is 6.08 Å².